The number of carboxylic acids is 2. The zero-order valence-corrected chi connectivity index (χ0v) is 31.2. The number of hydrogen-bond donors (Lipinski definition) is 5. The normalized spacial score (nSPS) is 13.7. The highest BCUT2D eigenvalue weighted by Crippen LogP contribution is 2.28. The van der Waals surface area contributed by atoms with Crippen molar-refractivity contribution in [2.75, 3.05) is 30.8 Å². The molecule has 1 aromatic heterocycles. The highest BCUT2D eigenvalue weighted by atomic mass is 35.5. The monoisotopic (exact) mass is 765 g/mol. The maximum Gasteiger partial charge on any atom is 0.335 e. The number of likely N-dealkylation sites (tertiary alicyclic amines) is 1. The first-order chi connectivity index (χ1) is 26.0. The molecule has 1 aliphatic rings. The molecular formula is C42H44ClN5O7. The number of anilines is 2. The standard InChI is InChI=1S/C42H43N5O7.ClH/c1-46(33-22-23-47(26-33)36(48)20-21-37(49)50)25-29-8-5-9-31(24-29)40(51)45-39-38(34-10-2-3-11-35(34)44-39)41(52)43-32-18-14-28(15-19-32)7-4-6-27-12-16-30(17-13-27)42(53)54;/h2-3,5,8-19,24,33,44H,4,6-7,20-23,25-26H2,1H3,(H,43,52)(H,45,51)(H,49,50)(H,53,54);1H. The van der Waals surface area contributed by atoms with Gasteiger partial charge in [0.2, 0.25) is 5.91 Å². The molecule has 5 N–H and O–H groups in total. The smallest absolute Gasteiger partial charge is 0.335 e. The number of hydrogen-bond acceptors (Lipinski definition) is 6. The van der Waals surface area contributed by atoms with Gasteiger partial charge in [-0.1, -0.05) is 54.6 Å². The van der Waals surface area contributed by atoms with Gasteiger partial charge in [-0.15, -0.1) is 12.4 Å². The first kappa shape index (κ1) is 40.2. The maximum absolute atomic E-state index is 13.8. The summed E-state index contributed by atoms with van der Waals surface area (Å²) in [5, 5.41) is 24.6. The number of aromatic amines is 1. The molecule has 1 fully saturated rings. The van der Waals surface area contributed by atoms with Crippen LogP contribution in [0.25, 0.3) is 10.9 Å². The van der Waals surface area contributed by atoms with Crippen molar-refractivity contribution in [1.82, 2.24) is 14.8 Å². The first-order valence-electron chi connectivity index (χ1n) is 18.0. The molecule has 0 saturated carbocycles. The molecule has 286 valence electrons. The van der Waals surface area contributed by atoms with Crippen molar-refractivity contribution in [3.63, 3.8) is 0 Å². The lowest BCUT2D eigenvalue weighted by Crippen LogP contribution is -2.36. The Morgan fingerprint density at radius 2 is 1.47 bits per heavy atom. The molecule has 1 aliphatic heterocycles. The summed E-state index contributed by atoms with van der Waals surface area (Å²) in [5.41, 5.74) is 5.42. The molecule has 12 nitrogen and oxygen atoms in total. The number of para-hydroxylation sites is 1. The molecule has 0 aliphatic carbocycles. The fraction of sp³-hybridized carbons (Fsp3) is 0.262. The minimum atomic E-state index is -0.986. The summed E-state index contributed by atoms with van der Waals surface area (Å²) >= 11 is 0. The number of carbonyl (C=O) groups excluding carboxylic acids is 3. The van der Waals surface area contributed by atoms with E-state index in [4.69, 9.17) is 10.2 Å². The zero-order valence-electron chi connectivity index (χ0n) is 30.4. The number of aromatic nitrogens is 1. The van der Waals surface area contributed by atoms with Crippen LogP contribution >= 0.6 is 12.4 Å². The molecule has 3 amide bonds. The number of carbonyl (C=O) groups is 5. The number of H-pyrrole nitrogens is 1. The van der Waals surface area contributed by atoms with E-state index in [1.807, 2.05) is 85.9 Å². The zero-order chi connectivity index (χ0) is 38.2. The average Bonchev–Trinajstić information content (AvgIpc) is 3.81. The summed E-state index contributed by atoms with van der Waals surface area (Å²) in [7, 11) is 1.97. The first-order valence-corrected chi connectivity index (χ1v) is 18.0. The summed E-state index contributed by atoms with van der Waals surface area (Å²) in [6, 6.07) is 29.3. The van der Waals surface area contributed by atoms with Gasteiger partial charge in [0, 0.05) is 54.3 Å². The predicted octanol–water partition coefficient (Wildman–Crippen LogP) is 6.87. The van der Waals surface area contributed by atoms with Crippen molar-refractivity contribution in [2.45, 2.75) is 51.1 Å². The molecule has 1 saturated heterocycles. The second-order valence-electron chi connectivity index (χ2n) is 13.7. The molecule has 0 bridgehead atoms. The fourth-order valence-electron chi connectivity index (χ4n) is 6.84. The van der Waals surface area contributed by atoms with Gasteiger partial charge in [-0.2, -0.15) is 0 Å². The van der Waals surface area contributed by atoms with Crippen LogP contribution in [0.3, 0.4) is 0 Å². The minimum absolute atomic E-state index is 0. The molecule has 4 aromatic carbocycles. The van der Waals surface area contributed by atoms with E-state index >= 15 is 0 Å². The van der Waals surface area contributed by atoms with E-state index in [2.05, 4.69) is 20.5 Å². The van der Waals surface area contributed by atoms with E-state index in [-0.39, 0.29) is 60.4 Å². The number of aromatic carboxylic acids is 1. The average molecular weight is 766 g/mol. The van der Waals surface area contributed by atoms with Gasteiger partial charge in [0.25, 0.3) is 11.8 Å². The molecule has 55 heavy (non-hydrogen) atoms. The van der Waals surface area contributed by atoms with Crippen molar-refractivity contribution >= 4 is 64.5 Å². The van der Waals surface area contributed by atoms with Crippen LogP contribution < -0.4 is 10.6 Å². The number of nitrogens with one attached hydrogen (secondary N) is 3. The third kappa shape index (κ3) is 10.4. The largest absolute Gasteiger partial charge is 0.481 e. The number of nitrogens with zero attached hydrogens (tertiary/aromatic N) is 2. The van der Waals surface area contributed by atoms with Gasteiger partial charge in [0.05, 0.1) is 17.5 Å². The van der Waals surface area contributed by atoms with Crippen molar-refractivity contribution in [3.05, 3.63) is 130 Å². The minimum Gasteiger partial charge on any atom is -0.481 e. The van der Waals surface area contributed by atoms with E-state index in [0.29, 0.717) is 47.4 Å². The van der Waals surface area contributed by atoms with E-state index in [0.717, 1.165) is 42.4 Å². The third-order valence-corrected chi connectivity index (χ3v) is 9.83. The molecule has 1 unspecified atom stereocenters. The lowest BCUT2D eigenvalue weighted by atomic mass is 10.0. The Bertz CT molecular complexity index is 2170. The Labute approximate surface area is 324 Å². The van der Waals surface area contributed by atoms with Crippen LogP contribution in [-0.4, -0.2) is 80.8 Å². The number of rotatable bonds is 15. The van der Waals surface area contributed by atoms with Crippen LogP contribution in [-0.2, 0) is 29.0 Å². The van der Waals surface area contributed by atoms with Crippen molar-refractivity contribution in [2.24, 2.45) is 0 Å². The summed E-state index contributed by atoms with van der Waals surface area (Å²) in [6.45, 7) is 1.65. The Balaban J connectivity index is 0.00000580. The molecule has 1 atom stereocenters. The number of aliphatic carboxylic acids is 1. The van der Waals surface area contributed by atoms with E-state index in [1.54, 1.807) is 23.1 Å². The van der Waals surface area contributed by atoms with Crippen LogP contribution in [0.15, 0.2) is 97.1 Å². The number of fused-ring (bicyclic) bond motifs is 1. The number of aryl methyl sites for hydroxylation is 2. The summed E-state index contributed by atoms with van der Waals surface area (Å²) in [6.07, 6.45) is 3.11. The van der Waals surface area contributed by atoms with Crippen LogP contribution in [0.2, 0.25) is 0 Å². The number of amides is 3. The Hall–Kier alpha value is -5.98. The molecular weight excluding hydrogens is 722 g/mol. The molecule has 2 heterocycles. The van der Waals surface area contributed by atoms with Crippen LogP contribution in [0.4, 0.5) is 11.5 Å². The summed E-state index contributed by atoms with van der Waals surface area (Å²) in [4.78, 5) is 68.8. The van der Waals surface area contributed by atoms with Gasteiger partial charge in [-0.3, -0.25) is 24.1 Å². The van der Waals surface area contributed by atoms with Crippen LogP contribution in [0.1, 0.15) is 73.4 Å². The van der Waals surface area contributed by atoms with Gasteiger partial charge in [0.15, 0.2) is 0 Å². The molecule has 5 aromatic rings. The van der Waals surface area contributed by atoms with E-state index < -0.39 is 11.9 Å². The van der Waals surface area contributed by atoms with E-state index in [1.165, 1.54) is 0 Å². The molecule has 0 radical (unpaired) electrons. The van der Waals surface area contributed by atoms with Gasteiger partial charge < -0.3 is 30.7 Å². The van der Waals surface area contributed by atoms with Gasteiger partial charge in [-0.25, -0.2) is 4.79 Å². The molecule has 6 rings (SSSR count). The number of likely N-dealkylation sites (N-methyl/N-ethyl adjacent to an activating group) is 1. The van der Waals surface area contributed by atoms with Crippen molar-refractivity contribution < 1.29 is 34.2 Å². The molecule has 0 spiro atoms. The summed E-state index contributed by atoms with van der Waals surface area (Å²) < 4.78 is 0. The third-order valence-electron chi connectivity index (χ3n) is 9.83. The highest BCUT2D eigenvalue weighted by molar-refractivity contribution is 6.19. The van der Waals surface area contributed by atoms with Crippen molar-refractivity contribution in [1.29, 1.82) is 0 Å². The Morgan fingerprint density at radius 1 is 0.782 bits per heavy atom. The van der Waals surface area contributed by atoms with E-state index in [9.17, 15) is 24.0 Å². The van der Waals surface area contributed by atoms with Crippen molar-refractivity contribution in [3.8, 4) is 0 Å². The van der Waals surface area contributed by atoms with Gasteiger partial charge >= 0.3 is 11.9 Å². The number of benzene rings is 4. The second-order valence-corrected chi connectivity index (χ2v) is 13.7. The molecule has 13 heteroatoms. The lowest BCUT2D eigenvalue weighted by Gasteiger charge is -2.25. The fourth-order valence-corrected chi connectivity index (χ4v) is 6.84. The maximum atomic E-state index is 13.8. The second kappa shape index (κ2) is 18.4. The van der Waals surface area contributed by atoms with Crippen LogP contribution in [0.5, 0.6) is 0 Å². The van der Waals surface area contributed by atoms with Gasteiger partial charge in [0.1, 0.15) is 5.82 Å². The SMILES string of the molecule is CN(Cc1cccc(C(=O)Nc2[nH]c3ccccc3c2C(=O)Nc2ccc(CCCc3ccc(C(=O)O)cc3)cc2)c1)C1CCN(C(=O)CCC(=O)O)C1.Cl. The highest BCUT2D eigenvalue weighted by Gasteiger charge is 2.29. The number of halogens is 1. The topological polar surface area (TPSA) is 172 Å². The quantitative estimate of drug-likeness (QED) is 0.0769. The van der Waals surface area contributed by atoms with Crippen LogP contribution in [0, 0.1) is 0 Å². The summed E-state index contributed by atoms with van der Waals surface area (Å²) in [5.74, 6) is -2.54. The lowest BCUT2D eigenvalue weighted by molar-refractivity contribution is -0.140. The Morgan fingerprint density at radius 3 is 2.16 bits per heavy atom. The number of carboxylic acid groups (broad SMARTS) is 2. The predicted molar refractivity (Wildman–Crippen MR) is 213 cm³/mol. The Kier molecular flexibility index (Phi) is 13.4. The van der Waals surface area contributed by atoms with Gasteiger partial charge in [-0.05, 0) is 91.9 Å².